The van der Waals surface area contributed by atoms with E-state index in [-0.39, 0.29) is 5.75 Å². The second-order valence-electron chi connectivity index (χ2n) is 3.54. The Bertz CT molecular complexity index is 388. The van der Waals surface area contributed by atoms with Crippen LogP contribution in [-0.4, -0.2) is 30.5 Å². The average Bonchev–Trinajstić information content (AvgIpc) is 2.17. The summed E-state index contributed by atoms with van der Waals surface area (Å²) in [6.45, 7) is 0. The molecule has 1 N–H and O–H groups in total. The number of aliphatic hydroxyl groups is 1. The molecule has 0 aliphatic rings. The van der Waals surface area contributed by atoms with E-state index in [4.69, 9.17) is 0 Å². The maximum Gasteiger partial charge on any atom is 0.147 e. The molecule has 0 saturated heterocycles. The first-order chi connectivity index (χ1) is 6.99. The minimum absolute atomic E-state index is 0.108. The fourth-order valence-electron chi connectivity index (χ4n) is 1.26. The second-order valence-corrected chi connectivity index (χ2v) is 5.80. The van der Waals surface area contributed by atoms with E-state index in [0.29, 0.717) is 18.5 Å². The Kier molecular flexibility index (Phi) is 4.23. The number of pyridine rings is 1. The zero-order chi connectivity index (χ0) is 11.3. The van der Waals surface area contributed by atoms with Gasteiger partial charge in [-0.3, -0.25) is 4.98 Å². The van der Waals surface area contributed by atoms with Crippen LogP contribution in [0.4, 0.5) is 0 Å². The van der Waals surface area contributed by atoms with Crippen LogP contribution in [0, 0.1) is 0 Å². The largest absolute Gasteiger partial charge is 0.387 e. The van der Waals surface area contributed by atoms with Crippen molar-refractivity contribution in [3.63, 3.8) is 0 Å². The Hall–Kier alpha value is -0.940. The highest BCUT2D eigenvalue weighted by Gasteiger charge is 2.09. The Morgan fingerprint density at radius 1 is 1.47 bits per heavy atom. The van der Waals surface area contributed by atoms with Gasteiger partial charge in [0.05, 0.1) is 11.8 Å². The van der Waals surface area contributed by atoms with Gasteiger partial charge in [-0.05, 0) is 25.0 Å². The first kappa shape index (κ1) is 12.1. The zero-order valence-electron chi connectivity index (χ0n) is 8.63. The molecule has 0 bridgehead atoms. The summed E-state index contributed by atoms with van der Waals surface area (Å²) < 4.78 is 21.7. The summed E-state index contributed by atoms with van der Waals surface area (Å²) in [6.07, 6.45) is 3.00. The molecule has 0 aliphatic carbocycles. The summed E-state index contributed by atoms with van der Waals surface area (Å²) in [6, 6.07) is 5.29. The van der Waals surface area contributed by atoms with Crippen molar-refractivity contribution >= 4 is 9.84 Å². The summed E-state index contributed by atoms with van der Waals surface area (Å²) in [7, 11) is -2.93. The van der Waals surface area contributed by atoms with Crippen molar-refractivity contribution in [1.29, 1.82) is 0 Å². The molecule has 0 amide bonds. The molecular weight excluding hydrogens is 214 g/mol. The molecule has 0 radical (unpaired) electrons. The summed E-state index contributed by atoms with van der Waals surface area (Å²) in [4.78, 5) is 3.99. The standard InChI is InChI=1S/C10H15NO3S/c1-15(13,14)8-4-6-10(12)9-5-2-3-7-11-9/h2-3,5,7,10,12H,4,6,8H2,1H3. The van der Waals surface area contributed by atoms with Crippen LogP contribution in [0.25, 0.3) is 0 Å². The summed E-state index contributed by atoms with van der Waals surface area (Å²) in [5, 5.41) is 9.66. The fraction of sp³-hybridized carbons (Fsp3) is 0.500. The molecule has 84 valence electrons. The van der Waals surface area contributed by atoms with Gasteiger partial charge in [-0.1, -0.05) is 6.07 Å². The summed E-state index contributed by atoms with van der Waals surface area (Å²) >= 11 is 0. The van der Waals surface area contributed by atoms with Crippen molar-refractivity contribution in [3.8, 4) is 0 Å². The van der Waals surface area contributed by atoms with Gasteiger partial charge in [0.25, 0.3) is 0 Å². The molecule has 1 unspecified atom stereocenters. The third-order valence-electron chi connectivity index (χ3n) is 2.02. The first-order valence-corrected chi connectivity index (χ1v) is 6.82. The number of rotatable bonds is 5. The number of hydrogen-bond donors (Lipinski definition) is 1. The number of sulfone groups is 1. The molecule has 4 nitrogen and oxygen atoms in total. The van der Waals surface area contributed by atoms with Crippen molar-refractivity contribution in [2.75, 3.05) is 12.0 Å². The molecule has 0 saturated carbocycles. The Labute approximate surface area is 89.9 Å². The van der Waals surface area contributed by atoms with Crippen LogP contribution in [0.3, 0.4) is 0 Å². The van der Waals surface area contributed by atoms with Crippen LogP contribution >= 0.6 is 0 Å². The molecule has 1 heterocycles. The predicted octanol–water partition coefficient (Wildman–Crippen LogP) is 0.940. The highest BCUT2D eigenvalue weighted by atomic mass is 32.2. The molecule has 1 atom stereocenters. The molecule has 5 heteroatoms. The highest BCUT2D eigenvalue weighted by Crippen LogP contribution is 2.15. The molecule has 15 heavy (non-hydrogen) atoms. The monoisotopic (exact) mass is 229 g/mol. The third-order valence-corrected chi connectivity index (χ3v) is 3.05. The minimum atomic E-state index is -2.93. The number of aromatic nitrogens is 1. The Morgan fingerprint density at radius 3 is 2.73 bits per heavy atom. The van der Waals surface area contributed by atoms with Crippen LogP contribution in [-0.2, 0) is 9.84 Å². The van der Waals surface area contributed by atoms with Crippen LogP contribution in [0.1, 0.15) is 24.6 Å². The van der Waals surface area contributed by atoms with Crippen LogP contribution in [0.15, 0.2) is 24.4 Å². The van der Waals surface area contributed by atoms with Gasteiger partial charge in [0.1, 0.15) is 9.84 Å². The fourth-order valence-corrected chi connectivity index (χ4v) is 1.95. The van der Waals surface area contributed by atoms with Crippen LogP contribution < -0.4 is 0 Å². The van der Waals surface area contributed by atoms with Gasteiger partial charge in [0.15, 0.2) is 0 Å². The van der Waals surface area contributed by atoms with Gasteiger partial charge in [-0.2, -0.15) is 0 Å². The maximum absolute atomic E-state index is 10.9. The molecule has 1 aromatic heterocycles. The topological polar surface area (TPSA) is 67.3 Å². The molecule has 0 spiro atoms. The van der Waals surface area contributed by atoms with Crippen molar-refractivity contribution < 1.29 is 13.5 Å². The molecule has 0 aromatic carbocycles. The van der Waals surface area contributed by atoms with Gasteiger partial charge >= 0.3 is 0 Å². The molecular formula is C10H15NO3S. The average molecular weight is 229 g/mol. The quantitative estimate of drug-likeness (QED) is 0.816. The van der Waals surface area contributed by atoms with Gasteiger partial charge in [-0.15, -0.1) is 0 Å². The lowest BCUT2D eigenvalue weighted by Crippen LogP contribution is -2.06. The van der Waals surface area contributed by atoms with Crippen molar-refractivity contribution in [2.45, 2.75) is 18.9 Å². The van der Waals surface area contributed by atoms with E-state index < -0.39 is 15.9 Å². The lowest BCUT2D eigenvalue weighted by Gasteiger charge is -2.08. The van der Waals surface area contributed by atoms with Crippen LogP contribution in [0.2, 0.25) is 0 Å². The first-order valence-electron chi connectivity index (χ1n) is 4.76. The van der Waals surface area contributed by atoms with Crippen molar-refractivity contribution in [3.05, 3.63) is 30.1 Å². The lowest BCUT2D eigenvalue weighted by atomic mass is 10.1. The number of nitrogens with zero attached hydrogens (tertiary/aromatic N) is 1. The zero-order valence-corrected chi connectivity index (χ0v) is 9.44. The van der Waals surface area contributed by atoms with Gasteiger partial charge < -0.3 is 5.11 Å². The van der Waals surface area contributed by atoms with E-state index in [9.17, 15) is 13.5 Å². The van der Waals surface area contributed by atoms with Crippen molar-refractivity contribution in [1.82, 2.24) is 4.98 Å². The van der Waals surface area contributed by atoms with Crippen LogP contribution in [0.5, 0.6) is 0 Å². The third kappa shape index (κ3) is 4.90. The maximum atomic E-state index is 10.9. The Morgan fingerprint density at radius 2 is 2.20 bits per heavy atom. The van der Waals surface area contributed by atoms with Gasteiger partial charge in [-0.25, -0.2) is 8.42 Å². The number of hydrogen-bond acceptors (Lipinski definition) is 4. The van der Waals surface area contributed by atoms with Gasteiger partial charge in [0, 0.05) is 18.2 Å². The van der Waals surface area contributed by atoms with E-state index in [1.165, 1.54) is 6.26 Å². The smallest absolute Gasteiger partial charge is 0.147 e. The summed E-state index contributed by atoms with van der Waals surface area (Å²) in [5.41, 5.74) is 0.589. The molecule has 1 rings (SSSR count). The molecule has 1 aromatic rings. The highest BCUT2D eigenvalue weighted by molar-refractivity contribution is 7.90. The Balaban J connectivity index is 2.41. The minimum Gasteiger partial charge on any atom is -0.387 e. The second kappa shape index (κ2) is 5.23. The van der Waals surface area contributed by atoms with Gasteiger partial charge in [0.2, 0.25) is 0 Å². The van der Waals surface area contributed by atoms with Crippen molar-refractivity contribution in [2.24, 2.45) is 0 Å². The molecule has 0 aliphatic heterocycles. The summed E-state index contributed by atoms with van der Waals surface area (Å²) in [5.74, 6) is 0.108. The van der Waals surface area contributed by atoms with E-state index in [1.54, 1.807) is 24.4 Å². The van der Waals surface area contributed by atoms with E-state index in [0.717, 1.165) is 0 Å². The van der Waals surface area contributed by atoms with E-state index in [1.807, 2.05) is 0 Å². The lowest BCUT2D eigenvalue weighted by molar-refractivity contribution is 0.162. The van der Waals surface area contributed by atoms with E-state index >= 15 is 0 Å². The normalized spacial score (nSPS) is 13.7. The van der Waals surface area contributed by atoms with E-state index in [2.05, 4.69) is 4.98 Å². The number of aliphatic hydroxyl groups excluding tert-OH is 1. The predicted molar refractivity (Wildman–Crippen MR) is 58.1 cm³/mol. The molecule has 0 fully saturated rings. The SMILES string of the molecule is CS(=O)(=O)CCCC(O)c1ccccn1.